The molecule has 0 spiro atoms. The van der Waals surface area contributed by atoms with Gasteiger partial charge in [-0.15, -0.1) is 0 Å². The summed E-state index contributed by atoms with van der Waals surface area (Å²) in [5.41, 5.74) is 7.97. The molecule has 0 aliphatic carbocycles. The third-order valence-electron chi connectivity index (χ3n) is 5.51. The highest BCUT2D eigenvalue weighted by atomic mass is 32.1. The van der Waals surface area contributed by atoms with Crippen molar-refractivity contribution in [2.24, 2.45) is 11.1 Å². The number of hydrogen-bond acceptors (Lipinski definition) is 4. The molecule has 7 heteroatoms. The molecule has 3 N–H and O–H groups in total. The highest BCUT2D eigenvalue weighted by Crippen LogP contribution is 2.24. The number of primary amides is 1. The summed E-state index contributed by atoms with van der Waals surface area (Å²) in [6.45, 7) is 9.20. The average molecular weight is 470 g/mol. The number of carbonyl (C=O) groups is 2. The highest BCUT2D eigenvalue weighted by Gasteiger charge is 2.29. The molecule has 0 saturated carbocycles. The van der Waals surface area contributed by atoms with Gasteiger partial charge in [0.1, 0.15) is 5.75 Å². The fraction of sp³-hybridized carbons (Fsp3) is 0.423. The number of nitrogens with zero attached hydrogens (tertiary/aromatic N) is 1. The summed E-state index contributed by atoms with van der Waals surface area (Å²) in [6.07, 6.45) is 1.53. The summed E-state index contributed by atoms with van der Waals surface area (Å²) in [5, 5.41) is 3.16. The molecule has 0 atom stereocenters. The van der Waals surface area contributed by atoms with Gasteiger partial charge in [-0.3, -0.25) is 9.59 Å². The van der Waals surface area contributed by atoms with Gasteiger partial charge in [-0.05, 0) is 61.7 Å². The predicted molar refractivity (Wildman–Crippen MR) is 136 cm³/mol. The van der Waals surface area contributed by atoms with E-state index in [0.29, 0.717) is 31.2 Å². The van der Waals surface area contributed by atoms with Gasteiger partial charge in [0.05, 0.1) is 6.61 Å². The lowest BCUT2D eigenvalue weighted by Crippen LogP contribution is -2.47. The third kappa shape index (κ3) is 8.85. The van der Waals surface area contributed by atoms with Crippen LogP contribution in [0.1, 0.15) is 49.8 Å². The maximum atomic E-state index is 13.0. The molecule has 2 aromatic carbocycles. The Kier molecular flexibility index (Phi) is 9.85. The topological polar surface area (TPSA) is 84.7 Å². The Morgan fingerprint density at radius 3 is 2.48 bits per heavy atom. The van der Waals surface area contributed by atoms with Gasteiger partial charge >= 0.3 is 0 Å². The van der Waals surface area contributed by atoms with Gasteiger partial charge in [-0.25, -0.2) is 0 Å². The number of aryl methyl sites for hydroxylation is 2. The lowest BCUT2D eigenvalue weighted by Gasteiger charge is -2.29. The number of ether oxygens (including phenoxy) is 1. The number of carbonyl (C=O) groups excluding carboxylic acids is 2. The zero-order chi connectivity index (χ0) is 24.4. The van der Waals surface area contributed by atoms with Crippen LogP contribution in [0.2, 0.25) is 0 Å². The van der Waals surface area contributed by atoms with Crippen molar-refractivity contribution in [3.8, 4) is 5.75 Å². The van der Waals surface area contributed by atoms with Crippen LogP contribution in [0.4, 0.5) is 0 Å². The smallest absolute Gasteiger partial charge is 0.231 e. The van der Waals surface area contributed by atoms with Crippen molar-refractivity contribution in [3.05, 3.63) is 65.2 Å². The van der Waals surface area contributed by atoms with Crippen LogP contribution in [0, 0.1) is 19.3 Å². The van der Waals surface area contributed by atoms with Crippen LogP contribution in [-0.4, -0.2) is 35.0 Å². The first-order valence-electron chi connectivity index (χ1n) is 11.2. The van der Waals surface area contributed by atoms with Gasteiger partial charge in [-0.2, -0.15) is 0 Å². The number of benzene rings is 2. The maximum Gasteiger partial charge on any atom is 0.231 e. The highest BCUT2D eigenvalue weighted by molar-refractivity contribution is 7.80. The summed E-state index contributed by atoms with van der Waals surface area (Å²) >= 11 is 5.51. The van der Waals surface area contributed by atoms with Gasteiger partial charge in [0.15, 0.2) is 5.11 Å². The van der Waals surface area contributed by atoms with Crippen LogP contribution in [-0.2, 0) is 16.1 Å². The van der Waals surface area contributed by atoms with E-state index in [1.54, 1.807) is 4.90 Å². The zero-order valence-electron chi connectivity index (χ0n) is 20.0. The Bertz CT molecular complexity index is 961. The molecule has 0 aliphatic rings. The quantitative estimate of drug-likeness (QED) is 0.379. The van der Waals surface area contributed by atoms with Crippen LogP contribution < -0.4 is 15.8 Å². The Hall–Kier alpha value is -2.93. The molecule has 0 bridgehead atoms. The largest absolute Gasteiger partial charge is 0.493 e. The van der Waals surface area contributed by atoms with Crippen molar-refractivity contribution in [3.63, 3.8) is 0 Å². The van der Waals surface area contributed by atoms with Crippen molar-refractivity contribution >= 4 is 29.1 Å². The van der Waals surface area contributed by atoms with Crippen LogP contribution in [0.5, 0.6) is 5.75 Å². The first-order chi connectivity index (χ1) is 15.6. The number of rotatable bonds is 11. The molecular formula is C26H35N3O3S. The van der Waals surface area contributed by atoms with Crippen molar-refractivity contribution < 1.29 is 14.3 Å². The molecule has 0 fully saturated rings. The Balaban J connectivity index is 1.91. The Labute approximate surface area is 202 Å². The van der Waals surface area contributed by atoms with E-state index in [9.17, 15) is 9.59 Å². The van der Waals surface area contributed by atoms with Crippen LogP contribution in [0.3, 0.4) is 0 Å². The van der Waals surface area contributed by atoms with Crippen LogP contribution >= 0.6 is 12.2 Å². The molecule has 2 amide bonds. The second kappa shape index (κ2) is 12.3. The lowest BCUT2D eigenvalue weighted by atomic mass is 9.87. The normalized spacial score (nSPS) is 11.0. The van der Waals surface area contributed by atoms with E-state index in [1.807, 2.05) is 70.2 Å². The summed E-state index contributed by atoms with van der Waals surface area (Å²) in [6, 6.07) is 15.9. The molecule has 33 heavy (non-hydrogen) atoms. The molecule has 0 saturated heterocycles. The maximum absolute atomic E-state index is 13.0. The van der Waals surface area contributed by atoms with E-state index in [-0.39, 0.29) is 12.3 Å². The molecule has 0 aliphatic heterocycles. The molecule has 0 radical (unpaired) electrons. The Morgan fingerprint density at radius 2 is 1.82 bits per heavy atom. The first kappa shape index (κ1) is 26.3. The summed E-state index contributed by atoms with van der Waals surface area (Å²) in [7, 11) is 0. The summed E-state index contributed by atoms with van der Waals surface area (Å²) in [4.78, 5) is 26.1. The fourth-order valence-electron chi connectivity index (χ4n) is 3.32. The van der Waals surface area contributed by atoms with E-state index >= 15 is 0 Å². The third-order valence-corrected chi connectivity index (χ3v) is 5.87. The van der Waals surface area contributed by atoms with Crippen LogP contribution in [0.25, 0.3) is 0 Å². The SMILES string of the molecule is Cc1ccc(C)c(OCCCC(C)(C)C(=O)NC(=S)N(CCC(N)=O)Cc2ccccc2)c1. The predicted octanol–water partition coefficient (Wildman–Crippen LogP) is 4.27. The van der Waals surface area contributed by atoms with Gasteiger partial charge in [-0.1, -0.05) is 56.3 Å². The second-order valence-corrected chi connectivity index (χ2v) is 9.37. The monoisotopic (exact) mass is 469 g/mol. The minimum absolute atomic E-state index is 0.155. The zero-order valence-corrected chi connectivity index (χ0v) is 20.8. The fourth-order valence-corrected chi connectivity index (χ4v) is 3.57. The van der Waals surface area contributed by atoms with Gasteiger partial charge in [0.2, 0.25) is 11.8 Å². The lowest BCUT2D eigenvalue weighted by molar-refractivity contribution is -0.128. The molecular weight excluding hydrogens is 434 g/mol. The molecule has 0 unspecified atom stereocenters. The molecule has 0 heterocycles. The van der Waals surface area contributed by atoms with E-state index < -0.39 is 11.3 Å². The number of nitrogens with two attached hydrogens (primary N) is 1. The van der Waals surface area contributed by atoms with Crippen molar-refractivity contribution in [2.45, 2.75) is 53.5 Å². The number of hydrogen-bond donors (Lipinski definition) is 2. The second-order valence-electron chi connectivity index (χ2n) is 8.99. The van der Waals surface area contributed by atoms with Crippen molar-refractivity contribution in [1.82, 2.24) is 10.2 Å². The van der Waals surface area contributed by atoms with E-state index in [2.05, 4.69) is 11.4 Å². The van der Waals surface area contributed by atoms with Gasteiger partial charge < -0.3 is 20.7 Å². The van der Waals surface area contributed by atoms with Crippen LogP contribution in [0.15, 0.2) is 48.5 Å². The molecule has 178 valence electrons. The molecule has 2 rings (SSSR count). The summed E-state index contributed by atoms with van der Waals surface area (Å²) in [5.74, 6) is 0.312. The first-order valence-corrected chi connectivity index (χ1v) is 11.6. The average Bonchev–Trinajstić information content (AvgIpc) is 2.76. The standard InChI is InChI=1S/C26H35N3O3S/c1-19-11-12-20(2)22(17-19)32-16-8-14-26(3,4)24(31)28-25(33)29(15-13-23(27)30)18-21-9-6-5-7-10-21/h5-7,9-12,17H,8,13-16,18H2,1-4H3,(H2,27,30)(H,28,31,33). The molecule has 6 nitrogen and oxygen atoms in total. The molecule has 0 aromatic heterocycles. The van der Waals surface area contributed by atoms with E-state index in [0.717, 1.165) is 28.9 Å². The van der Waals surface area contributed by atoms with Crippen molar-refractivity contribution in [1.29, 1.82) is 0 Å². The van der Waals surface area contributed by atoms with E-state index in [4.69, 9.17) is 22.7 Å². The van der Waals surface area contributed by atoms with Gasteiger partial charge in [0, 0.05) is 24.9 Å². The minimum Gasteiger partial charge on any atom is -0.493 e. The number of nitrogens with one attached hydrogen (secondary N) is 1. The minimum atomic E-state index is -0.628. The van der Waals surface area contributed by atoms with Gasteiger partial charge in [0.25, 0.3) is 0 Å². The van der Waals surface area contributed by atoms with E-state index in [1.165, 1.54) is 0 Å². The number of amides is 2. The Morgan fingerprint density at radius 1 is 1.12 bits per heavy atom. The summed E-state index contributed by atoms with van der Waals surface area (Å²) < 4.78 is 5.92. The number of thiocarbonyl (C=S) groups is 1. The van der Waals surface area contributed by atoms with Crippen molar-refractivity contribution in [2.75, 3.05) is 13.2 Å². The molecule has 2 aromatic rings.